The number of ether oxygens (including phenoxy) is 1. The number of methoxy groups -OCH3 is 1. The molecule has 0 bridgehead atoms. The van der Waals surface area contributed by atoms with Gasteiger partial charge in [0.15, 0.2) is 0 Å². The first-order chi connectivity index (χ1) is 9.69. The van der Waals surface area contributed by atoms with Crippen LogP contribution in [0.3, 0.4) is 0 Å². The topological polar surface area (TPSA) is 58.6 Å². The Morgan fingerprint density at radius 2 is 2.00 bits per heavy atom. The molecule has 108 valence electrons. The lowest BCUT2D eigenvalue weighted by Crippen LogP contribution is -2.44. The van der Waals surface area contributed by atoms with Gasteiger partial charge >= 0.3 is 0 Å². The molecule has 20 heavy (non-hydrogen) atoms. The monoisotopic (exact) mass is 275 g/mol. The number of rotatable bonds is 4. The van der Waals surface area contributed by atoms with Crippen LogP contribution in [0.2, 0.25) is 0 Å². The molecule has 1 aromatic rings. The van der Waals surface area contributed by atoms with Gasteiger partial charge in [-0.25, -0.2) is 0 Å². The molecule has 1 fully saturated rings. The average molecular weight is 275 g/mol. The molecule has 4 heteroatoms. The van der Waals surface area contributed by atoms with Crippen molar-refractivity contribution in [1.29, 1.82) is 0 Å². The standard InChI is InChI=1S/C16H21NO3/c1-20-13-9-6-12(7-10-13)8-11-16(19)17-14-4-2-3-5-15(14)18/h6-11,14-15,18H,2-5H2,1H3,(H,17,19)/b11-8+/t14-,15-/m0/s1. The first-order valence-corrected chi connectivity index (χ1v) is 7.00. The molecule has 0 aliphatic heterocycles. The highest BCUT2D eigenvalue weighted by molar-refractivity contribution is 5.91. The lowest BCUT2D eigenvalue weighted by molar-refractivity contribution is -0.118. The van der Waals surface area contributed by atoms with Gasteiger partial charge in [-0.05, 0) is 36.6 Å². The van der Waals surface area contributed by atoms with Crippen LogP contribution >= 0.6 is 0 Å². The number of amides is 1. The van der Waals surface area contributed by atoms with Gasteiger partial charge < -0.3 is 15.2 Å². The highest BCUT2D eigenvalue weighted by Gasteiger charge is 2.23. The van der Waals surface area contributed by atoms with E-state index >= 15 is 0 Å². The van der Waals surface area contributed by atoms with Crippen LogP contribution in [0.25, 0.3) is 6.08 Å². The van der Waals surface area contributed by atoms with Gasteiger partial charge in [-0.1, -0.05) is 25.0 Å². The summed E-state index contributed by atoms with van der Waals surface area (Å²) in [5.41, 5.74) is 0.935. The number of carbonyl (C=O) groups is 1. The van der Waals surface area contributed by atoms with Gasteiger partial charge in [0.05, 0.1) is 19.3 Å². The number of aliphatic hydroxyl groups excluding tert-OH is 1. The Morgan fingerprint density at radius 3 is 2.65 bits per heavy atom. The van der Waals surface area contributed by atoms with Crippen LogP contribution in [-0.4, -0.2) is 30.3 Å². The minimum atomic E-state index is -0.415. The SMILES string of the molecule is COc1ccc(/C=C/C(=O)N[C@H]2CCCC[C@@H]2O)cc1. The zero-order valence-electron chi connectivity index (χ0n) is 11.7. The van der Waals surface area contributed by atoms with Gasteiger partial charge in [0.2, 0.25) is 5.91 Å². The summed E-state index contributed by atoms with van der Waals surface area (Å²) >= 11 is 0. The third-order valence-corrected chi connectivity index (χ3v) is 3.60. The predicted octanol–water partition coefficient (Wildman–Crippen LogP) is 2.13. The molecule has 2 atom stereocenters. The fourth-order valence-corrected chi connectivity index (χ4v) is 2.40. The van der Waals surface area contributed by atoms with E-state index in [1.165, 1.54) is 6.08 Å². The van der Waals surface area contributed by atoms with Crippen molar-refractivity contribution >= 4 is 12.0 Å². The molecule has 0 aromatic heterocycles. The summed E-state index contributed by atoms with van der Waals surface area (Å²) in [5.74, 6) is 0.628. The van der Waals surface area contributed by atoms with Crippen LogP contribution in [0.5, 0.6) is 5.75 Å². The molecule has 2 rings (SSSR count). The highest BCUT2D eigenvalue weighted by Crippen LogP contribution is 2.18. The zero-order chi connectivity index (χ0) is 14.4. The van der Waals surface area contributed by atoms with Crippen LogP contribution in [0.15, 0.2) is 30.3 Å². The van der Waals surface area contributed by atoms with Gasteiger partial charge in [-0.3, -0.25) is 4.79 Å². The molecule has 0 spiro atoms. The Balaban J connectivity index is 1.87. The highest BCUT2D eigenvalue weighted by atomic mass is 16.5. The number of benzene rings is 1. The van der Waals surface area contributed by atoms with Gasteiger partial charge in [-0.2, -0.15) is 0 Å². The van der Waals surface area contributed by atoms with Crippen molar-refractivity contribution in [1.82, 2.24) is 5.32 Å². The van der Waals surface area contributed by atoms with Crippen molar-refractivity contribution in [3.63, 3.8) is 0 Å². The largest absolute Gasteiger partial charge is 0.497 e. The second kappa shape index (κ2) is 7.10. The molecule has 1 aliphatic rings. The van der Waals surface area contributed by atoms with Crippen molar-refractivity contribution < 1.29 is 14.6 Å². The van der Waals surface area contributed by atoms with Crippen molar-refractivity contribution in [2.24, 2.45) is 0 Å². The quantitative estimate of drug-likeness (QED) is 0.828. The van der Waals surface area contributed by atoms with Gasteiger partial charge in [0, 0.05) is 6.08 Å². The molecule has 0 unspecified atom stereocenters. The second-order valence-electron chi connectivity index (χ2n) is 5.07. The van der Waals surface area contributed by atoms with Crippen molar-refractivity contribution in [3.8, 4) is 5.75 Å². The summed E-state index contributed by atoms with van der Waals surface area (Å²) in [6.45, 7) is 0. The lowest BCUT2D eigenvalue weighted by atomic mass is 9.92. The summed E-state index contributed by atoms with van der Waals surface area (Å²) in [6, 6.07) is 7.36. The normalized spacial score (nSPS) is 22.7. The van der Waals surface area contributed by atoms with E-state index in [4.69, 9.17) is 4.74 Å². The smallest absolute Gasteiger partial charge is 0.244 e. The summed E-state index contributed by atoms with van der Waals surface area (Å²) in [4.78, 5) is 11.8. The van der Waals surface area contributed by atoms with E-state index in [0.717, 1.165) is 37.0 Å². The van der Waals surface area contributed by atoms with Crippen molar-refractivity contribution in [2.45, 2.75) is 37.8 Å². The molecule has 4 nitrogen and oxygen atoms in total. The minimum Gasteiger partial charge on any atom is -0.497 e. The Kier molecular flexibility index (Phi) is 5.18. The maximum atomic E-state index is 11.8. The van der Waals surface area contributed by atoms with Crippen molar-refractivity contribution in [3.05, 3.63) is 35.9 Å². The predicted molar refractivity (Wildman–Crippen MR) is 78.4 cm³/mol. The Morgan fingerprint density at radius 1 is 1.30 bits per heavy atom. The Labute approximate surface area is 119 Å². The maximum absolute atomic E-state index is 11.8. The molecule has 1 amide bonds. The molecular weight excluding hydrogens is 254 g/mol. The average Bonchev–Trinajstić information content (AvgIpc) is 2.48. The summed E-state index contributed by atoms with van der Waals surface area (Å²) in [5, 5.41) is 12.7. The molecule has 0 radical (unpaired) electrons. The van der Waals surface area contributed by atoms with E-state index in [2.05, 4.69) is 5.32 Å². The second-order valence-corrected chi connectivity index (χ2v) is 5.07. The van der Waals surface area contributed by atoms with E-state index < -0.39 is 6.10 Å². The number of hydrogen-bond donors (Lipinski definition) is 2. The molecule has 0 saturated heterocycles. The van der Waals surface area contributed by atoms with Crippen LogP contribution in [0.4, 0.5) is 0 Å². The molecule has 0 heterocycles. The van der Waals surface area contributed by atoms with E-state index in [1.54, 1.807) is 13.2 Å². The van der Waals surface area contributed by atoms with E-state index in [-0.39, 0.29) is 11.9 Å². The molecule has 1 aromatic carbocycles. The van der Waals surface area contributed by atoms with E-state index in [9.17, 15) is 9.90 Å². The van der Waals surface area contributed by atoms with Gasteiger partial charge in [0.25, 0.3) is 0 Å². The Hall–Kier alpha value is -1.81. The number of aliphatic hydroxyl groups is 1. The third kappa shape index (κ3) is 4.10. The maximum Gasteiger partial charge on any atom is 0.244 e. The number of hydrogen-bond acceptors (Lipinski definition) is 3. The minimum absolute atomic E-state index is 0.114. The van der Waals surface area contributed by atoms with E-state index in [0.29, 0.717) is 0 Å². The van der Waals surface area contributed by atoms with Crippen LogP contribution in [0.1, 0.15) is 31.2 Å². The van der Waals surface area contributed by atoms with Crippen LogP contribution in [-0.2, 0) is 4.79 Å². The molecule has 1 aliphatic carbocycles. The summed E-state index contributed by atoms with van der Waals surface area (Å²) in [6.07, 6.45) is 6.56. The fourth-order valence-electron chi connectivity index (χ4n) is 2.40. The fraction of sp³-hybridized carbons (Fsp3) is 0.438. The first-order valence-electron chi connectivity index (χ1n) is 7.00. The van der Waals surface area contributed by atoms with Crippen LogP contribution in [0, 0.1) is 0 Å². The molecule has 2 N–H and O–H groups in total. The number of nitrogens with one attached hydrogen (secondary N) is 1. The van der Waals surface area contributed by atoms with Crippen molar-refractivity contribution in [2.75, 3.05) is 7.11 Å². The van der Waals surface area contributed by atoms with Gasteiger partial charge in [-0.15, -0.1) is 0 Å². The molecular formula is C16H21NO3. The van der Waals surface area contributed by atoms with Gasteiger partial charge in [0.1, 0.15) is 5.75 Å². The Bertz CT molecular complexity index is 467. The summed E-state index contributed by atoms with van der Waals surface area (Å²) < 4.78 is 5.08. The van der Waals surface area contributed by atoms with Crippen LogP contribution < -0.4 is 10.1 Å². The third-order valence-electron chi connectivity index (χ3n) is 3.60. The lowest BCUT2D eigenvalue weighted by Gasteiger charge is -2.27. The summed E-state index contributed by atoms with van der Waals surface area (Å²) in [7, 11) is 1.62. The number of carbonyl (C=O) groups excluding carboxylic acids is 1. The zero-order valence-corrected chi connectivity index (χ0v) is 11.7. The van der Waals surface area contributed by atoms with E-state index in [1.807, 2.05) is 24.3 Å². The first kappa shape index (κ1) is 14.6. The molecule has 1 saturated carbocycles.